The van der Waals surface area contributed by atoms with Crippen molar-refractivity contribution in [3.05, 3.63) is 29.3 Å². The molecule has 0 aromatic heterocycles. The van der Waals surface area contributed by atoms with E-state index in [1.165, 1.54) is 7.11 Å². The van der Waals surface area contributed by atoms with Gasteiger partial charge in [-0.15, -0.1) is 0 Å². The lowest BCUT2D eigenvalue weighted by molar-refractivity contribution is 0.411. The SMILES string of the molecule is CC.CC.COc1cc(C(=N)N)ccc1CS(C)(=O)=O. The van der Waals surface area contributed by atoms with Crippen molar-refractivity contribution in [1.82, 2.24) is 0 Å². The molecule has 5 nitrogen and oxygen atoms in total. The fourth-order valence-electron chi connectivity index (χ4n) is 1.31. The second-order valence-corrected chi connectivity index (χ2v) is 5.65. The van der Waals surface area contributed by atoms with Crippen LogP contribution in [0.4, 0.5) is 0 Å². The van der Waals surface area contributed by atoms with Crippen LogP contribution in [-0.2, 0) is 15.6 Å². The predicted molar refractivity (Wildman–Crippen MR) is 85.3 cm³/mol. The van der Waals surface area contributed by atoms with Crippen molar-refractivity contribution >= 4 is 15.7 Å². The third-order valence-electron chi connectivity index (χ3n) is 2.02. The van der Waals surface area contributed by atoms with Gasteiger partial charge in [-0.25, -0.2) is 8.42 Å². The van der Waals surface area contributed by atoms with Gasteiger partial charge in [0.2, 0.25) is 0 Å². The molecule has 0 aliphatic carbocycles. The molecule has 0 atom stereocenters. The van der Waals surface area contributed by atoms with E-state index in [-0.39, 0.29) is 11.6 Å². The quantitative estimate of drug-likeness (QED) is 0.660. The van der Waals surface area contributed by atoms with E-state index in [1.807, 2.05) is 27.7 Å². The molecule has 0 bridgehead atoms. The minimum atomic E-state index is -3.11. The summed E-state index contributed by atoms with van der Waals surface area (Å²) in [7, 11) is -1.66. The summed E-state index contributed by atoms with van der Waals surface area (Å²) in [4.78, 5) is 0. The van der Waals surface area contributed by atoms with Crippen LogP contribution in [0.2, 0.25) is 0 Å². The van der Waals surface area contributed by atoms with Crippen LogP contribution >= 0.6 is 0 Å². The van der Waals surface area contributed by atoms with Gasteiger partial charge in [-0.3, -0.25) is 5.41 Å². The van der Waals surface area contributed by atoms with Crippen molar-refractivity contribution in [2.75, 3.05) is 13.4 Å². The number of nitrogens with one attached hydrogen (secondary N) is 1. The molecule has 0 amide bonds. The Bertz CT molecular complexity index is 511. The first-order chi connectivity index (χ1) is 9.33. The molecule has 0 aliphatic rings. The average molecular weight is 302 g/mol. The molecule has 0 fully saturated rings. The van der Waals surface area contributed by atoms with Crippen molar-refractivity contribution in [2.45, 2.75) is 33.4 Å². The summed E-state index contributed by atoms with van der Waals surface area (Å²) in [5.41, 5.74) is 6.40. The lowest BCUT2D eigenvalue weighted by Gasteiger charge is -2.09. The number of benzene rings is 1. The van der Waals surface area contributed by atoms with E-state index in [9.17, 15) is 8.42 Å². The molecule has 0 radical (unpaired) electrons. The van der Waals surface area contributed by atoms with Crippen LogP contribution in [0.5, 0.6) is 5.75 Å². The first-order valence-electron chi connectivity index (χ1n) is 6.52. The van der Waals surface area contributed by atoms with Crippen LogP contribution in [0.3, 0.4) is 0 Å². The molecule has 0 unspecified atom stereocenters. The number of sulfone groups is 1. The largest absolute Gasteiger partial charge is 0.496 e. The van der Waals surface area contributed by atoms with Gasteiger partial charge in [0.1, 0.15) is 11.6 Å². The Morgan fingerprint density at radius 1 is 1.25 bits per heavy atom. The molecule has 0 saturated heterocycles. The van der Waals surface area contributed by atoms with Crippen molar-refractivity contribution in [2.24, 2.45) is 5.73 Å². The monoisotopic (exact) mass is 302 g/mol. The number of nitrogen functional groups attached to an aromatic ring is 1. The van der Waals surface area contributed by atoms with Gasteiger partial charge in [-0.05, 0) is 6.07 Å². The number of methoxy groups -OCH3 is 1. The van der Waals surface area contributed by atoms with Crippen LogP contribution in [0.1, 0.15) is 38.8 Å². The minimum Gasteiger partial charge on any atom is -0.496 e. The summed E-state index contributed by atoms with van der Waals surface area (Å²) >= 11 is 0. The van der Waals surface area contributed by atoms with E-state index in [0.717, 1.165) is 6.26 Å². The van der Waals surface area contributed by atoms with Crippen LogP contribution < -0.4 is 10.5 Å². The Labute approximate surface area is 122 Å². The first kappa shape index (κ1) is 20.8. The van der Waals surface area contributed by atoms with Crippen molar-refractivity contribution in [3.63, 3.8) is 0 Å². The fraction of sp³-hybridized carbons (Fsp3) is 0.500. The van der Waals surface area contributed by atoms with Crippen molar-refractivity contribution < 1.29 is 13.2 Å². The van der Waals surface area contributed by atoms with E-state index < -0.39 is 9.84 Å². The molecule has 1 aromatic carbocycles. The van der Waals surface area contributed by atoms with Crippen molar-refractivity contribution in [3.8, 4) is 5.75 Å². The summed E-state index contributed by atoms with van der Waals surface area (Å²) in [6, 6.07) is 4.77. The van der Waals surface area contributed by atoms with E-state index in [1.54, 1.807) is 18.2 Å². The van der Waals surface area contributed by atoms with Gasteiger partial charge >= 0.3 is 0 Å². The average Bonchev–Trinajstić information content (AvgIpc) is 2.41. The van der Waals surface area contributed by atoms with E-state index >= 15 is 0 Å². The minimum absolute atomic E-state index is 0.0794. The maximum atomic E-state index is 11.2. The van der Waals surface area contributed by atoms with Gasteiger partial charge in [0, 0.05) is 17.4 Å². The van der Waals surface area contributed by atoms with Gasteiger partial charge in [0.15, 0.2) is 9.84 Å². The lowest BCUT2D eigenvalue weighted by Crippen LogP contribution is -2.12. The number of nitrogens with two attached hydrogens (primary N) is 1. The van der Waals surface area contributed by atoms with Crippen molar-refractivity contribution in [1.29, 1.82) is 5.41 Å². The van der Waals surface area contributed by atoms with Crippen LogP contribution in [0, 0.1) is 5.41 Å². The maximum absolute atomic E-state index is 11.2. The molecule has 0 heterocycles. The highest BCUT2D eigenvalue weighted by Crippen LogP contribution is 2.21. The number of rotatable bonds is 4. The van der Waals surface area contributed by atoms with Gasteiger partial charge in [0.05, 0.1) is 12.9 Å². The Balaban J connectivity index is 0. The Kier molecular flexibility index (Phi) is 10.6. The first-order valence-corrected chi connectivity index (χ1v) is 8.58. The molecule has 1 rings (SSSR count). The molecule has 20 heavy (non-hydrogen) atoms. The van der Waals surface area contributed by atoms with E-state index in [2.05, 4.69) is 0 Å². The normalized spacial score (nSPS) is 9.50. The second-order valence-electron chi connectivity index (χ2n) is 3.51. The standard InChI is InChI=1S/C10H14N2O3S.2C2H6/c1-15-9-5-7(10(11)12)3-4-8(9)6-16(2,13)14;2*1-2/h3-5H,6H2,1-2H3,(H3,11,12);2*1-2H3. The highest BCUT2D eigenvalue weighted by atomic mass is 32.2. The molecule has 6 heteroatoms. The summed E-state index contributed by atoms with van der Waals surface area (Å²) in [6.07, 6.45) is 1.16. The number of hydrogen-bond donors (Lipinski definition) is 2. The smallest absolute Gasteiger partial charge is 0.151 e. The predicted octanol–water partition coefficient (Wildman–Crippen LogP) is 2.58. The van der Waals surface area contributed by atoms with Gasteiger partial charge in [-0.1, -0.05) is 39.8 Å². The number of ether oxygens (including phenoxy) is 1. The molecule has 0 saturated carbocycles. The van der Waals surface area contributed by atoms with Crippen LogP contribution in [0.25, 0.3) is 0 Å². The summed E-state index contributed by atoms with van der Waals surface area (Å²) in [5, 5.41) is 7.26. The third-order valence-corrected chi connectivity index (χ3v) is 2.85. The zero-order valence-electron chi connectivity index (χ0n) is 13.1. The van der Waals surface area contributed by atoms with E-state index in [0.29, 0.717) is 16.9 Å². The molecule has 116 valence electrons. The Morgan fingerprint density at radius 2 is 1.75 bits per heavy atom. The molecule has 0 spiro atoms. The number of hydrogen-bond acceptors (Lipinski definition) is 4. The zero-order valence-corrected chi connectivity index (χ0v) is 14.0. The third kappa shape index (κ3) is 7.78. The Hall–Kier alpha value is -1.56. The molecule has 3 N–H and O–H groups in total. The van der Waals surface area contributed by atoms with E-state index in [4.69, 9.17) is 15.9 Å². The zero-order chi connectivity index (χ0) is 16.3. The Morgan fingerprint density at radius 3 is 2.10 bits per heavy atom. The van der Waals surface area contributed by atoms with Gasteiger partial charge < -0.3 is 10.5 Å². The highest BCUT2D eigenvalue weighted by molar-refractivity contribution is 7.89. The van der Waals surface area contributed by atoms with Crippen LogP contribution in [-0.4, -0.2) is 27.6 Å². The van der Waals surface area contributed by atoms with Gasteiger partial charge in [-0.2, -0.15) is 0 Å². The fourth-order valence-corrected chi connectivity index (χ4v) is 2.12. The molecule has 1 aromatic rings. The summed E-state index contributed by atoms with van der Waals surface area (Å²) in [5.74, 6) is 0.260. The highest BCUT2D eigenvalue weighted by Gasteiger charge is 2.11. The topological polar surface area (TPSA) is 93.2 Å². The number of amidine groups is 1. The molecule has 0 aliphatic heterocycles. The summed E-state index contributed by atoms with van der Waals surface area (Å²) in [6.45, 7) is 8.00. The maximum Gasteiger partial charge on any atom is 0.151 e. The van der Waals surface area contributed by atoms with Gasteiger partial charge in [0.25, 0.3) is 0 Å². The van der Waals surface area contributed by atoms with Crippen LogP contribution in [0.15, 0.2) is 18.2 Å². The second kappa shape index (κ2) is 10.3. The molecular formula is C14H26N2O3S. The lowest BCUT2D eigenvalue weighted by atomic mass is 10.1. The molecular weight excluding hydrogens is 276 g/mol. The summed E-state index contributed by atoms with van der Waals surface area (Å²) < 4.78 is 27.4.